The van der Waals surface area contributed by atoms with Gasteiger partial charge in [-0.1, -0.05) is 18.8 Å². The zero-order valence-corrected chi connectivity index (χ0v) is 12.8. The van der Waals surface area contributed by atoms with Gasteiger partial charge in [0.15, 0.2) is 0 Å². The van der Waals surface area contributed by atoms with Crippen molar-refractivity contribution in [1.82, 2.24) is 4.31 Å². The predicted molar refractivity (Wildman–Crippen MR) is 77.5 cm³/mol. The fourth-order valence-electron chi connectivity index (χ4n) is 2.68. The largest absolute Gasteiger partial charge is 0.384 e. The molecule has 0 aliphatic carbocycles. The molecule has 2 rings (SSSR count). The maximum Gasteiger partial charge on any atom is 0.244 e. The van der Waals surface area contributed by atoms with E-state index in [1.54, 1.807) is 0 Å². The van der Waals surface area contributed by atoms with Gasteiger partial charge in [-0.2, -0.15) is 4.31 Å². The highest BCUT2D eigenvalue weighted by atomic mass is 32.2. The van der Waals surface area contributed by atoms with Crippen LogP contribution in [0.1, 0.15) is 25.8 Å². The first kappa shape index (κ1) is 16.0. The Balaban J connectivity index is 2.50. The maximum absolute atomic E-state index is 13.3. The van der Waals surface area contributed by atoms with E-state index in [1.165, 1.54) is 10.4 Å². The van der Waals surface area contributed by atoms with Crippen LogP contribution in [-0.2, 0) is 10.0 Å². The zero-order valence-electron chi connectivity index (χ0n) is 12.0. The highest BCUT2D eigenvalue weighted by Gasteiger charge is 2.37. The number of hydrogen-bond donors (Lipinski definition) is 1. The van der Waals surface area contributed by atoms with Gasteiger partial charge in [-0.25, -0.2) is 12.8 Å². The van der Waals surface area contributed by atoms with Crippen LogP contribution in [0, 0.1) is 23.6 Å². The lowest BCUT2D eigenvalue weighted by Gasteiger charge is -2.21. The number of nitrogens with zero attached hydrogens (tertiary/aromatic N) is 1. The molecule has 1 N–H and O–H groups in total. The average Bonchev–Trinajstić information content (AvgIpc) is 2.76. The second-order valence-corrected chi connectivity index (χ2v) is 7.22. The summed E-state index contributed by atoms with van der Waals surface area (Å²) in [5.74, 6) is 4.62. The van der Waals surface area contributed by atoms with E-state index in [-0.39, 0.29) is 16.5 Å². The molecule has 2 unspecified atom stereocenters. The lowest BCUT2D eigenvalue weighted by atomic mass is 10.1. The smallest absolute Gasteiger partial charge is 0.244 e. The number of rotatable bonds is 2. The van der Waals surface area contributed by atoms with Crippen LogP contribution in [0.15, 0.2) is 23.1 Å². The monoisotopic (exact) mass is 311 g/mol. The van der Waals surface area contributed by atoms with Crippen molar-refractivity contribution in [1.29, 1.82) is 0 Å². The molecule has 0 spiro atoms. The quantitative estimate of drug-likeness (QED) is 0.844. The molecule has 0 bridgehead atoms. The van der Waals surface area contributed by atoms with Gasteiger partial charge in [0.25, 0.3) is 0 Å². The number of sulfonamides is 1. The van der Waals surface area contributed by atoms with E-state index < -0.39 is 22.4 Å². The van der Waals surface area contributed by atoms with Crippen molar-refractivity contribution in [3.8, 4) is 11.8 Å². The summed E-state index contributed by atoms with van der Waals surface area (Å²) < 4.78 is 40.3. The van der Waals surface area contributed by atoms with Crippen LogP contribution in [0.4, 0.5) is 4.39 Å². The zero-order chi connectivity index (χ0) is 15.6. The third-order valence-corrected chi connectivity index (χ3v) is 5.60. The second-order valence-electron chi connectivity index (χ2n) is 5.36. The molecule has 0 aromatic heterocycles. The first-order valence-corrected chi connectivity index (χ1v) is 8.21. The third kappa shape index (κ3) is 3.26. The molecule has 4 nitrogen and oxygen atoms in total. The van der Waals surface area contributed by atoms with E-state index in [4.69, 9.17) is 5.11 Å². The summed E-state index contributed by atoms with van der Waals surface area (Å²) in [5.41, 5.74) is 0.0794. The molecule has 2 atom stereocenters. The van der Waals surface area contributed by atoms with Crippen LogP contribution >= 0.6 is 0 Å². The van der Waals surface area contributed by atoms with Crippen LogP contribution in [-0.4, -0.2) is 37.0 Å². The summed E-state index contributed by atoms with van der Waals surface area (Å²) in [5, 5.41) is 8.75. The minimum absolute atomic E-state index is 0.00852. The van der Waals surface area contributed by atoms with Crippen molar-refractivity contribution in [3.63, 3.8) is 0 Å². The SMILES string of the molecule is CC1CC(C)N(S(=O)(=O)c2ccc(F)cc2C#CCO)C1. The van der Waals surface area contributed by atoms with Gasteiger partial charge >= 0.3 is 0 Å². The topological polar surface area (TPSA) is 57.6 Å². The molecule has 1 fully saturated rings. The van der Waals surface area contributed by atoms with Gasteiger partial charge in [-0.15, -0.1) is 0 Å². The maximum atomic E-state index is 13.3. The number of benzene rings is 1. The Bertz CT molecular complexity index is 691. The fourth-order valence-corrected chi connectivity index (χ4v) is 4.57. The molecule has 1 aliphatic rings. The number of halogens is 1. The molecule has 6 heteroatoms. The van der Waals surface area contributed by atoms with E-state index in [1.807, 2.05) is 13.8 Å². The molecular weight excluding hydrogens is 293 g/mol. The minimum atomic E-state index is -3.72. The number of aliphatic hydroxyl groups is 1. The Labute approximate surface area is 124 Å². The molecule has 0 saturated carbocycles. The molecule has 0 amide bonds. The normalized spacial score (nSPS) is 22.9. The molecule has 1 aromatic carbocycles. The van der Waals surface area contributed by atoms with Crippen LogP contribution in [0.25, 0.3) is 0 Å². The third-order valence-electron chi connectivity index (χ3n) is 3.56. The van der Waals surface area contributed by atoms with Crippen LogP contribution in [0.3, 0.4) is 0 Å². The first-order valence-electron chi connectivity index (χ1n) is 6.77. The van der Waals surface area contributed by atoms with Crippen LogP contribution in [0.5, 0.6) is 0 Å². The Hall–Kier alpha value is -1.42. The van der Waals surface area contributed by atoms with Crippen molar-refractivity contribution in [2.45, 2.75) is 31.2 Å². The lowest BCUT2D eigenvalue weighted by Crippen LogP contribution is -2.34. The summed E-state index contributed by atoms with van der Waals surface area (Å²) in [7, 11) is -3.72. The number of aliphatic hydroxyl groups excluding tert-OH is 1. The molecule has 1 heterocycles. The van der Waals surface area contributed by atoms with Gasteiger partial charge in [0, 0.05) is 18.2 Å². The van der Waals surface area contributed by atoms with E-state index in [2.05, 4.69) is 11.8 Å². The minimum Gasteiger partial charge on any atom is -0.384 e. The predicted octanol–water partition coefficient (Wildman–Crippen LogP) is 1.59. The summed E-state index contributed by atoms with van der Waals surface area (Å²) in [6, 6.07) is 3.34. The van der Waals surface area contributed by atoms with Gasteiger partial charge in [-0.05, 0) is 37.5 Å². The Morgan fingerprint density at radius 3 is 2.71 bits per heavy atom. The standard InChI is InChI=1S/C15H18FNO3S/c1-11-8-12(2)17(10-11)21(19,20)15-6-5-14(16)9-13(15)4-3-7-18/h5-6,9,11-12,18H,7-8,10H2,1-2H3. The molecule has 1 aromatic rings. The molecule has 1 aliphatic heterocycles. The van der Waals surface area contributed by atoms with Gasteiger partial charge in [0.05, 0.1) is 4.90 Å². The Morgan fingerprint density at radius 2 is 2.14 bits per heavy atom. The van der Waals surface area contributed by atoms with Crippen molar-refractivity contribution in [2.75, 3.05) is 13.2 Å². The van der Waals surface area contributed by atoms with Crippen molar-refractivity contribution < 1.29 is 17.9 Å². The van der Waals surface area contributed by atoms with Gasteiger partial charge in [0.2, 0.25) is 10.0 Å². The molecular formula is C15H18FNO3S. The summed E-state index contributed by atoms with van der Waals surface area (Å²) in [4.78, 5) is -0.00852. The highest BCUT2D eigenvalue weighted by Crippen LogP contribution is 2.30. The fraction of sp³-hybridized carbons (Fsp3) is 0.467. The van der Waals surface area contributed by atoms with Crippen LogP contribution < -0.4 is 0 Å². The van der Waals surface area contributed by atoms with E-state index in [0.29, 0.717) is 12.5 Å². The van der Waals surface area contributed by atoms with Crippen molar-refractivity contribution >= 4 is 10.0 Å². The van der Waals surface area contributed by atoms with E-state index in [9.17, 15) is 12.8 Å². The van der Waals surface area contributed by atoms with Crippen molar-refractivity contribution in [3.05, 3.63) is 29.6 Å². The molecule has 1 saturated heterocycles. The van der Waals surface area contributed by atoms with Gasteiger partial charge < -0.3 is 5.11 Å². The first-order chi connectivity index (χ1) is 9.86. The van der Waals surface area contributed by atoms with E-state index in [0.717, 1.165) is 18.6 Å². The molecule has 114 valence electrons. The van der Waals surface area contributed by atoms with Crippen LogP contribution in [0.2, 0.25) is 0 Å². The Morgan fingerprint density at radius 1 is 1.43 bits per heavy atom. The van der Waals surface area contributed by atoms with E-state index >= 15 is 0 Å². The summed E-state index contributed by atoms with van der Waals surface area (Å²) in [6.45, 7) is 3.91. The number of hydrogen-bond acceptors (Lipinski definition) is 3. The molecule has 21 heavy (non-hydrogen) atoms. The molecule has 0 radical (unpaired) electrons. The Kier molecular flexibility index (Phi) is 4.67. The summed E-state index contributed by atoms with van der Waals surface area (Å²) >= 11 is 0. The van der Waals surface area contributed by atoms with Gasteiger partial charge in [-0.3, -0.25) is 0 Å². The van der Waals surface area contributed by atoms with Crippen molar-refractivity contribution in [2.24, 2.45) is 5.92 Å². The average molecular weight is 311 g/mol. The van der Waals surface area contributed by atoms with Gasteiger partial charge in [0.1, 0.15) is 12.4 Å². The summed E-state index contributed by atoms with van der Waals surface area (Å²) in [6.07, 6.45) is 0.804. The second kappa shape index (κ2) is 6.14. The highest BCUT2D eigenvalue weighted by molar-refractivity contribution is 7.89. The lowest BCUT2D eigenvalue weighted by molar-refractivity contribution is 0.350.